The average Bonchev–Trinajstić information content (AvgIpc) is 3.21. The molecule has 200 valence electrons. The summed E-state index contributed by atoms with van der Waals surface area (Å²) in [5.41, 5.74) is 1.15. The van der Waals surface area contributed by atoms with E-state index in [-0.39, 0.29) is 11.3 Å². The Kier molecular flexibility index (Phi) is 7.95. The van der Waals surface area contributed by atoms with Crippen LogP contribution in [-0.2, 0) is 14.3 Å². The van der Waals surface area contributed by atoms with Crippen molar-refractivity contribution in [3.63, 3.8) is 0 Å². The summed E-state index contributed by atoms with van der Waals surface area (Å²) in [6.07, 6.45) is 2.35. The van der Waals surface area contributed by atoms with E-state index < -0.39 is 17.7 Å². The van der Waals surface area contributed by atoms with Crippen molar-refractivity contribution in [2.75, 3.05) is 59.2 Å². The standard InChI is InChI=1S/C29H32N2O7/c1-2-14-36-22-7-4-20(5-8-22)26-25(27(32)21-6-9-23-24(19-21)38-18-17-37-23)28(33)29(34)31(26)11-3-10-30-12-15-35-16-13-30/h2,4-9,19,26,32H,1,3,10-18H2/b27-25+/t26-/m1/s1. The predicted molar refractivity (Wildman–Crippen MR) is 140 cm³/mol. The Morgan fingerprint density at radius 2 is 1.74 bits per heavy atom. The average molecular weight is 521 g/mol. The highest BCUT2D eigenvalue weighted by atomic mass is 16.6. The number of carbonyl (C=O) groups is 2. The Hall–Kier alpha value is -3.82. The summed E-state index contributed by atoms with van der Waals surface area (Å²) in [5.74, 6) is 0.130. The highest BCUT2D eigenvalue weighted by molar-refractivity contribution is 6.46. The fourth-order valence-electron chi connectivity index (χ4n) is 4.99. The molecular weight excluding hydrogens is 488 g/mol. The molecule has 0 saturated carbocycles. The molecule has 0 bridgehead atoms. The number of morpholine rings is 1. The Morgan fingerprint density at radius 3 is 2.47 bits per heavy atom. The van der Waals surface area contributed by atoms with Crippen molar-refractivity contribution in [3.05, 3.63) is 71.8 Å². The van der Waals surface area contributed by atoms with Gasteiger partial charge in [0.2, 0.25) is 0 Å². The maximum atomic E-state index is 13.3. The largest absolute Gasteiger partial charge is 0.507 e. The fourth-order valence-corrected chi connectivity index (χ4v) is 4.99. The second-order valence-electron chi connectivity index (χ2n) is 9.33. The highest BCUT2D eigenvalue weighted by Crippen LogP contribution is 2.41. The van der Waals surface area contributed by atoms with E-state index in [9.17, 15) is 14.7 Å². The first-order chi connectivity index (χ1) is 18.6. The van der Waals surface area contributed by atoms with E-state index in [0.29, 0.717) is 74.4 Å². The van der Waals surface area contributed by atoms with Crippen molar-refractivity contribution in [2.45, 2.75) is 12.5 Å². The third-order valence-corrected chi connectivity index (χ3v) is 6.90. The summed E-state index contributed by atoms with van der Waals surface area (Å²) >= 11 is 0. The molecule has 5 rings (SSSR count). The zero-order chi connectivity index (χ0) is 26.5. The van der Waals surface area contributed by atoms with Crippen LogP contribution in [0.5, 0.6) is 17.2 Å². The molecule has 3 aliphatic rings. The van der Waals surface area contributed by atoms with Crippen LogP contribution in [0.15, 0.2) is 60.7 Å². The lowest BCUT2D eigenvalue weighted by Crippen LogP contribution is -2.38. The number of nitrogens with zero attached hydrogens (tertiary/aromatic N) is 2. The topological polar surface area (TPSA) is 97.8 Å². The number of aliphatic hydroxyl groups excluding tert-OH is 1. The van der Waals surface area contributed by atoms with Crippen LogP contribution >= 0.6 is 0 Å². The summed E-state index contributed by atoms with van der Waals surface area (Å²) in [4.78, 5) is 30.5. The van der Waals surface area contributed by atoms with Crippen LogP contribution in [0.1, 0.15) is 23.6 Å². The van der Waals surface area contributed by atoms with Crippen molar-refractivity contribution in [1.29, 1.82) is 0 Å². The molecule has 0 aliphatic carbocycles. The van der Waals surface area contributed by atoms with Gasteiger partial charge in [0.05, 0.1) is 24.8 Å². The van der Waals surface area contributed by atoms with E-state index in [2.05, 4.69) is 11.5 Å². The van der Waals surface area contributed by atoms with Crippen LogP contribution in [0.2, 0.25) is 0 Å². The smallest absolute Gasteiger partial charge is 0.295 e. The number of amides is 1. The van der Waals surface area contributed by atoms with E-state index in [4.69, 9.17) is 18.9 Å². The zero-order valence-electron chi connectivity index (χ0n) is 21.3. The number of likely N-dealkylation sites (tertiary alicyclic amines) is 1. The number of Topliss-reactive ketones (excluding diaryl/α,β-unsaturated/α-hetero) is 1. The molecule has 2 aromatic carbocycles. The molecule has 38 heavy (non-hydrogen) atoms. The molecule has 1 N–H and O–H groups in total. The summed E-state index contributed by atoms with van der Waals surface area (Å²) in [6.45, 7) is 9.11. The first-order valence-corrected chi connectivity index (χ1v) is 12.9. The van der Waals surface area contributed by atoms with Gasteiger partial charge in [-0.2, -0.15) is 0 Å². The van der Waals surface area contributed by atoms with Crippen LogP contribution < -0.4 is 14.2 Å². The summed E-state index contributed by atoms with van der Waals surface area (Å²) < 4.78 is 22.3. The monoisotopic (exact) mass is 520 g/mol. The molecule has 0 spiro atoms. The molecule has 9 heteroatoms. The first kappa shape index (κ1) is 25.8. The fraction of sp³-hybridized carbons (Fsp3) is 0.379. The second-order valence-corrected chi connectivity index (χ2v) is 9.33. The van der Waals surface area contributed by atoms with Crippen LogP contribution in [0.3, 0.4) is 0 Å². The Morgan fingerprint density at radius 1 is 1.00 bits per heavy atom. The normalized spacial score (nSPS) is 20.9. The third-order valence-electron chi connectivity index (χ3n) is 6.90. The number of ether oxygens (including phenoxy) is 4. The number of benzene rings is 2. The predicted octanol–water partition coefficient (Wildman–Crippen LogP) is 3.17. The van der Waals surface area contributed by atoms with Gasteiger partial charge in [0.15, 0.2) is 11.5 Å². The number of rotatable bonds is 9. The Labute approximate surface area is 221 Å². The number of fused-ring (bicyclic) bond motifs is 1. The lowest BCUT2D eigenvalue weighted by molar-refractivity contribution is -0.140. The second kappa shape index (κ2) is 11.7. The Balaban J connectivity index is 1.47. The van der Waals surface area contributed by atoms with E-state index in [0.717, 1.165) is 19.6 Å². The lowest BCUT2D eigenvalue weighted by atomic mass is 9.95. The minimum atomic E-state index is -0.735. The van der Waals surface area contributed by atoms with Gasteiger partial charge in [-0.25, -0.2) is 0 Å². The minimum absolute atomic E-state index is 0.0535. The molecule has 2 saturated heterocycles. The van der Waals surface area contributed by atoms with Crippen molar-refractivity contribution >= 4 is 17.4 Å². The summed E-state index contributed by atoms with van der Waals surface area (Å²) in [5, 5.41) is 11.4. The number of hydrogen-bond donors (Lipinski definition) is 1. The first-order valence-electron chi connectivity index (χ1n) is 12.9. The molecule has 1 amide bonds. The molecule has 3 heterocycles. The van der Waals surface area contributed by atoms with Crippen LogP contribution in [0, 0.1) is 0 Å². The maximum Gasteiger partial charge on any atom is 0.295 e. The number of hydrogen-bond acceptors (Lipinski definition) is 8. The van der Waals surface area contributed by atoms with E-state index in [1.807, 2.05) is 12.1 Å². The molecule has 0 aromatic heterocycles. The molecule has 0 radical (unpaired) electrons. The van der Waals surface area contributed by atoms with Crippen molar-refractivity contribution in [3.8, 4) is 17.2 Å². The Bertz CT molecular complexity index is 1220. The van der Waals surface area contributed by atoms with Crippen LogP contribution in [0.4, 0.5) is 0 Å². The van der Waals surface area contributed by atoms with Gasteiger partial charge >= 0.3 is 0 Å². The van der Waals surface area contributed by atoms with E-state index in [1.165, 1.54) is 0 Å². The number of ketones is 1. The third kappa shape index (κ3) is 5.39. The van der Waals surface area contributed by atoms with Gasteiger partial charge in [-0.1, -0.05) is 24.8 Å². The van der Waals surface area contributed by atoms with Crippen molar-refractivity contribution in [2.24, 2.45) is 0 Å². The van der Waals surface area contributed by atoms with E-state index in [1.54, 1.807) is 41.3 Å². The van der Waals surface area contributed by atoms with Gasteiger partial charge in [0.25, 0.3) is 11.7 Å². The molecule has 0 unspecified atom stereocenters. The molecular formula is C29H32N2O7. The quantitative estimate of drug-likeness (QED) is 0.233. The SMILES string of the molecule is C=CCOc1ccc([C@@H]2/C(=C(\O)c3ccc4c(c3)OCCO4)C(=O)C(=O)N2CCCN2CCOCC2)cc1. The summed E-state index contributed by atoms with van der Waals surface area (Å²) in [7, 11) is 0. The van der Waals surface area contributed by atoms with E-state index >= 15 is 0 Å². The molecule has 3 aliphatic heterocycles. The molecule has 2 aromatic rings. The van der Waals surface area contributed by atoms with Crippen molar-refractivity contribution < 1.29 is 33.6 Å². The van der Waals surface area contributed by atoms with Gasteiger partial charge in [0, 0.05) is 31.7 Å². The van der Waals surface area contributed by atoms with Gasteiger partial charge < -0.3 is 29.0 Å². The number of aliphatic hydroxyl groups is 1. The minimum Gasteiger partial charge on any atom is -0.507 e. The lowest BCUT2D eigenvalue weighted by Gasteiger charge is -2.29. The maximum absolute atomic E-state index is 13.3. The molecule has 2 fully saturated rings. The highest BCUT2D eigenvalue weighted by Gasteiger charge is 2.46. The zero-order valence-corrected chi connectivity index (χ0v) is 21.3. The number of carbonyl (C=O) groups excluding carboxylic acids is 2. The molecule has 1 atom stereocenters. The van der Waals surface area contributed by atoms with Crippen molar-refractivity contribution in [1.82, 2.24) is 9.80 Å². The van der Waals surface area contributed by atoms with Gasteiger partial charge in [-0.3, -0.25) is 14.5 Å². The van der Waals surface area contributed by atoms with Gasteiger partial charge in [0.1, 0.15) is 31.3 Å². The van der Waals surface area contributed by atoms with Crippen LogP contribution in [0.25, 0.3) is 5.76 Å². The summed E-state index contributed by atoms with van der Waals surface area (Å²) in [6, 6.07) is 11.5. The van der Waals surface area contributed by atoms with Gasteiger partial charge in [-0.05, 0) is 42.3 Å². The van der Waals surface area contributed by atoms with Gasteiger partial charge in [-0.15, -0.1) is 0 Å². The molecule has 9 nitrogen and oxygen atoms in total. The van der Waals surface area contributed by atoms with Crippen LogP contribution in [-0.4, -0.2) is 85.8 Å².